The molecule has 0 bridgehead atoms. The molecular formula is C61H50N2. The van der Waals surface area contributed by atoms with E-state index in [1.54, 1.807) is 0 Å². The van der Waals surface area contributed by atoms with Crippen LogP contribution in [0.2, 0.25) is 0 Å². The smallest absolute Gasteiger partial charge is 0.0732 e. The molecule has 1 atom stereocenters. The molecule has 2 heterocycles. The lowest BCUT2D eigenvalue weighted by Gasteiger charge is -2.35. The van der Waals surface area contributed by atoms with Gasteiger partial charge in [-0.3, -0.25) is 0 Å². The van der Waals surface area contributed by atoms with E-state index in [4.69, 9.17) is 0 Å². The molecular weight excluding hydrogens is 761 g/mol. The highest BCUT2D eigenvalue weighted by atomic mass is 15.1. The molecule has 1 aliphatic heterocycles. The van der Waals surface area contributed by atoms with E-state index >= 15 is 0 Å². The van der Waals surface area contributed by atoms with Crippen molar-refractivity contribution in [2.75, 3.05) is 7.05 Å². The summed E-state index contributed by atoms with van der Waals surface area (Å²) in [5.41, 5.74) is 19.0. The fourth-order valence-corrected chi connectivity index (χ4v) is 9.39. The maximum atomic E-state index is 2.42. The Balaban J connectivity index is 0.000000160. The van der Waals surface area contributed by atoms with Crippen molar-refractivity contribution in [2.24, 2.45) is 0 Å². The molecule has 11 rings (SSSR count). The summed E-state index contributed by atoms with van der Waals surface area (Å²) in [6.07, 6.45) is 4.67. The Hall–Kier alpha value is -7.68. The van der Waals surface area contributed by atoms with Crippen LogP contribution in [0.15, 0.2) is 224 Å². The first-order valence-corrected chi connectivity index (χ1v) is 21.9. The molecule has 0 amide bonds. The van der Waals surface area contributed by atoms with Crippen LogP contribution in [0.3, 0.4) is 0 Å². The molecule has 9 aromatic carbocycles. The quantitative estimate of drug-likeness (QED) is 0.162. The fraction of sp³-hybridized carbons (Fsp3) is 0.0820. The molecule has 304 valence electrons. The molecule has 0 radical (unpaired) electrons. The number of para-hydroxylation sites is 1. The molecule has 63 heavy (non-hydrogen) atoms. The van der Waals surface area contributed by atoms with Crippen molar-refractivity contribution >= 4 is 43.8 Å². The van der Waals surface area contributed by atoms with Crippen LogP contribution in [0.25, 0.3) is 71.8 Å². The molecule has 2 heteroatoms. The van der Waals surface area contributed by atoms with E-state index in [9.17, 15) is 0 Å². The minimum atomic E-state index is 0.213. The highest BCUT2D eigenvalue weighted by Gasteiger charge is 2.24. The summed E-state index contributed by atoms with van der Waals surface area (Å²) in [4.78, 5) is 2.37. The van der Waals surface area contributed by atoms with Crippen LogP contribution in [-0.4, -0.2) is 16.5 Å². The first-order valence-electron chi connectivity index (χ1n) is 21.9. The second-order valence-corrected chi connectivity index (χ2v) is 16.8. The zero-order valence-electron chi connectivity index (χ0n) is 36.3. The summed E-state index contributed by atoms with van der Waals surface area (Å²) in [6.45, 7) is 6.55. The van der Waals surface area contributed by atoms with Gasteiger partial charge in [-0.15, -0.1) is 0 Å². The van der Waals surface area contributed by atoms with Gasteiger partial charge in [0.2, 0.25) is 0 Å². The van der Waals surface area contributed by atoms with Gasteiger partial charge >= 0.3 is 0 Å². The van der Waals surface area contributed by atoms with Gasteiger partial charge in [0.1, 0.15) is 0 Å². The van der Waals surface area contributed by atoms with E-state index < -0.39 is 0 Å². The number of aromatic nitrogens is 1. The minimum Gasteiger partial charge on any atom is -0.364 e. The molecule has 10 aromatic rings. The minimum absolute atomic E-state index is 0.213. The third-order valence-electron chi connectivity index (χ3n) is 12.7. The normalized spacial score (nSPS) is 13.7. The van der Waals surface area contributed by atoms with Crippen LogP contribution < -0.4 is 0 Å². The second-order valence-electron chi connectivity index (χ2n) is 16.8. The number of hydrogen-bond donors (Lipinski definition) is 0. The molecule has 1 aliphatic rings. The van der Waals surface area contributed by atoms with Crippen molar-refractivity contribution in [1.82, 2.24) is 9.47 Å². The van der Waals surface area contributed by atoms with Gasteiger partial charge in [-0.1, -0.05) is 188 Å². The van der Waals surface area contributed by atoms with Gasteiger partial charge in [-0.05, 0) is 124 Å². The second kappa shape index (κ2) is 17.0. The molecule has 0 spiro atoms. The lowest BCUT2D eigenvalue weighted by molar-refractivity contribution is 0.413. The summed E-state index contributed by atoms with van der Waals surface area (Å²) in [7, 11) is 2.18. The van der Waals surface area contributed by atoms with Crippen LogP contribution in [0.4, 0.5) is 0 Å². The third-order valence-corrected chi connectivity index (χ3v) is 12.7. The third kappa shape index (κ3) is 7.66. The van der Waals surface area contributed by atoms with Crippen molar-refractivity contribution < 1.29 is 0 Å². The Kier molecular flexibility index (Phi) is 10.6. The van der Waals surface area contributed by atoms with E-state index in [-0.39, 0.29) is 6.04 Å². The summed E-state index contributed by atoms with van der Waals surface area (Å²) in [6, 6.07) is 76.7. The van der Waals surface area contributed by atoms with Crippen LogP contribution in [-0.2, 0) is 0 Å². The first-order chi connectivity index (χ1) is 30.9. The largest absolute Gasteiger partial charge is 0.364 e. The monoisotopic (exact) mass is 810 g/mol. The van der Waals surface area contributed by atoms with Crippen LogP contribution in [0.5, 0.6) is 0 Å². The predicted octanol–water partition coefficient (Wildman–Crippen LogP) is 16.0. The Morgan fingerprint density at radius 2 is 1.03 bits per heavy atom. The number of rotatable bonds is 6. The number of allylic oxidation sites excluding steroid dienone is 2. The molecule has 1 unspecified atom stereocenters. The van der Waals surface area contributed by atoms with Crippen molar-refractivity contribution in [3.05, 3.63) is 258 Å². The van der Waals surface area contributed by atoms with Crippen molar-refractivity contribution in [3.63, 3.8) is 0 Å². The maximum absolute atomic E-state index is 2.42. The molecule has 0 aliphatic carbocycles. The van der Waals surface area contributed by atoms with Crippen molar-refractivity contribution in [1.29, 1.82) is 0 Å². The van der Waals surface area contributed by atoms with E-state index in [1.807, 2.05) is 0 Å². The fourth-order valence-electron chi connectivity index (χ4n) is 9.39. The van der Waals surface area contributed by atoms with Gasteiger partial charge in [0.15, 0.2) is 0 Å². The topological polar surface area (TPSA) is 8.17 Å². The predicted molar refractivity (Wildman–Crippen MR) is 269 cm³/mol. The van der Waals surface area contributed by atoms with E-state index in [2.05, 4.69) is 262 Å². The summed E-state index contributed by atoms with van der Waals surface area (Å²) in [5.74, 6) is 0. The van der Waals surface area contributed by atoms with Gasteiger partial charge in [-0.25, -0.2) is 0 Å². The number of nitrogens with zero attached hydrogens (tertiary/aromatic N) is 2. The van der Waals surface area contributed by atoms with Crippen molar-refractivity contribution in [3.8, 4) is 27.9 Å². The number of fused-ring (bicyclic) bond motifs is 4. The Labute approximate surface area is 371 Å². The van der Waals surface area contributed by atoms with Crippen LogP contribution in [0.1, 0.15) is 39.4 Å². The standard InChI is InChI=1S/C36H27N.C25H23N/c1-24-10-3-5-13-29(24)32-22-27(19-18-25(32)2)28-20-21-36-33(23-28)31-15-7-8-16-35(31)37(36)34-17-9-12-26-11-4-6-14-30(26)34;1-19-10-9-15-22(16-19)25-18-23(20-11-5-3-6-12-20)17-24(26(25)2)21-13-7-4-8-14-21/h3-23H,1-2H3;3-18,25H,1-2H3. The van der Waals surface area contributed by atoms with E-state index in [0.29, 0.717) is 0 Å². The first kappa shape index (κ1) is 39.5. The highest BCUT2D eigenvalue weighted by molar-refractivity contribution is 6.11. The zero-order valence-corrected chi connectivity index (χ0v) is 36.3. The molecule has 2 nitrogen and oxygen atoms in total. The van der Waals surface area contributed by atoms with Gasteiger partial charge in [0.25, 0.3) is 0 Å². The summed E-state index contributed by atoms with van der Waals surface area (Å²) < 4.78 is 2.42. The Morgan fingerprint density at radius 1 is 0.413 bits per heavy atom. The lowest BCUT2D eigenvalue weighted by atomic mass is 9.91. The number of benzene rings is 9. The van der Waals surface area contributed by atoms with Gasteiger partial charge in [0.05, 0.1) is 22.8 Å². The average molecular weight is 811 g/mol. The number of hydrogen-bond acceptors (Lipinski definition) is 1. The summed E-state index contributed by atoms with van der Waals surface area (Å²) >= 11 is 0. The van der Waals surface area contributed by atoms with Crippen LogP contribution in [0, 0.1) is 20.8 Å². The Morgan fingerprint density at radius 3 is 1.83 bits per heavy atom. The molecule has 1 aromatic heterocycles. The van der Waals surface area contributed by atoms with Gasteiger partial charge in [0, 0.05) is 28.9 Å². The molecule has 0 saturated carbocycles. The zero-order chi connectivity index (χ0) is 42.9. The van der Waals surface area contributed by atoms with Crippen molar-refractivity contribution in [2.45, 2.75) is 26.8 Å². The number of likely N-dealkylation sites (N-methyl/N-ethyl adjacent to an activating group) is 1. The molecule has 0 fully saturated rings. The van der Waals surface area contributed by atoms with Gasteiger partial charge < -0.3 is 9.47 Å². The molecule has 0 saturated heterocycles. The lowest BCUT2D eigenvalue weighted by Crippen LogP contribution is -2.24. The average Bonchev–Trinajstić information content (AvgIpc) is 3.66. The van der Waals surface area contributed by atoms with E-state index in [1.165, 1.54) is 105 Å². The Bertz CT molecular complexity index is 3330. The highest BCUT2D eigenvalue weighted by Crippen LogP contribution is 2.40. The van der Waals surface area contributed by atoms with Gasteiger partial charge in [-0.2, -0.15) is 0 Å². The SMILES string of the molecule is Cc1cccc(C2C=C(c3ccccc3)C=C(c3ccccc3)N2C)c1.Cc1ccccc1-c1cc(-c2ccc3c(c2)c2ccccc2n3-c2cccc3ccccc23)ccc1C. The summed E-state index contributed by atoms with van der Waals surface area (Å²) in [5, 5.41) is 5.07. The maximum Gasteiger partial charge on any atom is 0.0732 e. The number of aryl methyl sites for hydroxylation is 3. The molecule has 0 N–H and O–H groups in total. The van der Waals surface area contributed by atoms with Crippen LogP contribution >= 0.6 is 0 Å². The van der Waals surface area contributed by atoms with E-state index in [0.717, 1.165) is 0 Å².